The van der Waals surface area contributed by atoms with Crippen molar-refractivity contribution in [1.29, 1.82) is 0 Å². The van der Waals surface area contributed by atoms with Gasteiger partial charge in [0, 0.05) is 0 Å². The molecule has 1 aliphatic rings. The molecule has 0 aliphatic carbocycles. The third kappa shape index (κ3) is 2.07. The molecular weight excluding hydrogens is 214 g/mol. The number of hydrogen-bond donors (Lipinski definition) is 0. The first-order valence-electron chi connectivity index (χ1n) is 4.47. The fourth-order valence-electron chi connectivity index (χ4n) is 1.06. The Morgan fingerprint density at radius 3 is 3.20 bits per heavy atom. The van der Waals surface area contributed by atoms with Crippen LogP contribution in [0.1, 0.15) is 11.8 Å². The van der Waals surface area contributed by atoms with Gasteiger partial charge in [0.25, 0.3) is 0 Å². The van der Waals surface area contributed by atoms with E-state index in [1.54, 1.807) is 0 Å². The monoisotopic (exact) mass is 223 g/mol. The molecule has 0 atom stereocenters. The van der Waals surface area contributed by atoms with E-state index in [2.05, 4.69) is 4.99 Å². The summed E-state index contributed by atoms with van der Waals surface area (Å²) in [6, 6.07) is 3.72. The quantitative estimate of drug-likeness (QED) is 0.447. The fourth-order valence-corrected chi connectivity index (χ4v) is 1.71. The molecule has 0 spiro atoms. The zero-order valence-corrected chi connectivity index (χ0v) is 8.91. The Balaban J connectivity index is 2.21. The molecular formula is C10H9NO3S. The van der Waals surface area contributed by atoms with Crippen molar-refractivity contribution in [3.05, 3.63) is 34.3 Å². The number of hydrogen-bond acceptors (Lipinski definition) is 5. The van der Waals surface area contributed by atoms with Gasteiger partial charge in [0.05, 0.1) is 11.5 Å². The molecule has 0 saturated heterocycles. The van der Waals surface area contributed by atoms with Crippen molar-refractivity contribution in [2.24, 2.45) is 4.99 Å². The van der Waals surface area contributed by atoms with E-state index in [0.717, 1.165) is 4.88 Å². The number of cyclic esters (lactones) is 1. The molecule has 5 heteroatoms. The van der Waals surface area contributed by atoms with Gasteiger partial charge in [-0.05, 0) is 18.4 Å². The zero-order valence-electron chi connectivity index (χ0n) is 8.10. The lowest BCUT2D eigenvalue weighted by atomic mass is 10.5. The van der Waals surface area contributed by atoms with Crippen LogP contribution in [0.5, 0.6) is 0 Å². The van der Waals surface area contributed by atoms with Crippen molar-refractivity contribution < 1.29 is 14.3 Å². The van der Waals surface area contributed by atoms with Crippen molar-refractivity contribution in [2.75, 3.05) is 6.61 Å². The molecule has 0 amide bonds. The molecule has 1 aromatic rings. The first kappa shape index (κ1) is 9.92. The number of nitrogens with zero attached hydrogens (tertiary/aromatic N) is 1. The van der Waals surface area contributed by atoms with Crippen LogP contribution in [-0.2, 0) is 14.3 Å². The Bertz CT molecular complexity index is 420. The molecule has 0 bridgehead atoms. The van der Waals surface area contributed by atoms with E-state index in [9.17, 15) is 4.79 Å². The molecule has 1 aliphatic heterocycles. The predicted octanol–water partition coefficient (Wildman–Crippen LogP) is 1.93. The highest BCUT2D eigenvalue weighted by molar-refractivity contribution is 7.12. The second-order valence-electron chi connectivity index (χ2n) is 2.74. The molecule has 2 rings (SSSR count). The molecule has 0 unspecified atom stereocenters. The van der Waals surface area contributed by atoms with Crippen molar-refractivity contribution in [3.8, 4) is 0 Å². The SMILES string of the molecule is CCO/C=C1/N=C(c2cccs2)OC1=O. The molecule has 1 aromatic heterocycles. The maximum Gasteiger partial charge on any atom is 0.367 e. The summed E-state index contributed by atoms with van der Waals surface area (Å²) in [7, 11) is 0. The number of aliphatic imine (C=N–C) groups is 1. The van der Waals surface area contributed by atoms with E-state index >= 15 is 0 Å². The Labute approximate surface area is 90.8 Å². The minimum absolute atomic E-state index is 0.209. The molecule has 4 nitrogen and oxygen atoms in total. The Morgan fingerprint density at radius 2 is 2.53 bits per heavy atom. The molecule has 0 fully saturated rings. The van der Waals surface area contributed by atoms with Crippen molar-refractivity contribution in [1.82, 2.24) is 0 Å². The van der Waals surface area contributed by atoms with E-state index in [1.165, 1.54) is 17.6 Å². The summed E-state index contributed by atoms with van der Waals surface area (Å²) in [4.78, 5) is 16.2. The highest BCUT2D eigenvalue weighted by atomic mass is 32.1. The molecule has 78 valence electrons. The summed E-state index contributed by atoms with van der Waals surface area (Å²) in [5, 5.41) is 1.90. The number of ether oxygens (including phenoxy) is 2. The second-order valence-corrected chi connectivity index (χ2v) is 3.69. The number of carbonyl (C=O) groups is 1. The van der Waals surface area contributed by atoms with Crippen LogP contribution in [0.2, 0.25) is 0 Å². The summed E-state index contributed by atoms with van der Waals surface area (Å²) < 4.78 is 9.98. The minimum atomic E-state index is -0.466. The Hall–Kier alpha value is -1.62. The average molecular weight is 223 g/mol. The van der Waals surface area contributed by atoms with Gasteiger partial charge in [-0.15, -0.1) is 11.3 Å². The molecule has 0 aromatic carbocycles. The summed E-state index contributed by atoms with van der Waals surface area (Å²) in [5.74, 6) is -0.118. The van der Waals surface area contributed by atoms with E-state index in [1.807, 2.05) is 24.4 Å². The summed E-state index contributed by atoms with van der Waals surface area (Å²) >= 11 is 1.47. The summed E-state index contributed by atoms with van der Waals surface area (Å²) in [5.41, 5.74) is 0.209. The largest absolute Gasteiger partial charge is 0.499 e. The van der Waals surface area contributed by atoms with Crippen LogP contribution >= 0.6 is 11.3 Å². The third-order valence-electron chi connectivity index (χ3n) is 1.71. The topological polar surface area (TPSA) is 47.9 Å². The van der Waals surface area contributed by atoms with Gasteiger partial charge in [0.15, 0.2) is 5.70 Å². The molecule has 15 heavy (non-hydrogen) atoms. The lowest BCUT2D eigenvalue weighted by Gasteiger charge is -1.93. The van der Waals surface area contributed by atoms with Crippen molar-refractivity contribution in [2.45, 2.75) is 6.92 Å². The average Bonchev–Trinajstić information content (AvgIpc) is 2.83. The molecule has 0 saturated carbocycles. The van der Waals surface area contributed by atoms with Crippen LogP contribution in [0.3, 0.4) is 0 Å². The Morgan fingerprint density at radius 1 is 1.67 bits per heavy atom. The first-order valence-corrected chi connectivity index (χ1v) is 5.35. The zero-order chi connectivity index (χ0) is 10.7. The fraction of sp³-hybridized carbons (Fsp3) is 0.200. The van der Waals surface area contributed by atoms with Crippen LogP contribution in [0.4, 0.5) is 0 Å². The normalized spacial score (nSPS) is 17.8. The van der Waals surface area contributed by atoms with Crippen LogP contribution in [0.25, 0.3) is 0 Å². The van der Waals surface area contributed by atoms with E-state index in [0.29, 0.717) is 12.5 Å². The van der Waals surface area contributed by atoms with E-state index in [-0.39, 0.29) is 5.70 Å². The smallest absolute Gasteiger partial charge is 0.367 e. The highest BCUT2D eigenvalue weighted by Crippen LogP contribution is 2.19. The van der Waals surface area contributed by atoms with Gasteiger partial charge in [0.1, 0.15) is 6.26 Å². The minimum Gasteiger partial charge on any atom is -0.499 e. The van der Waals surface area contributed by atoms with Gasteiger partial charge in [-0.25, -0.2) is 9.79 Å². The van der Waals surface area contributed by atoms with Gasteiger partial charge < -0.3 is 9.47 Å². The second kappa shape index (κ2) is 4.27. The molecule has 0 N–H and O–H groups in total. The van der Waals surface area contributed by atoms with Gasteiger partial charge in [0.2, 0.25) is 5.90 Å². The van der Waals surface area contributed by atoms with Crippen LogP contribution < -0.4 is 0 Å². The van der Waals surface area contributed by atoms with Gasteiger partial charge >= 0.3 is 5.97 Å². The molecule has 2 heterocycles. The van der Waals surface area contributed by atoms with Gasteiger partial charge in [-0.2, -0.15) is 0 Å². The maximum atomic E-state index is 11.3. The number of thiophene rings is 1. The predicted molar refractivity (Wildman–Crippen MR) is 56.7 cm³/mol. The maximum absolute atomic E-state index is 11.3. The van der Waals surface area contributed by atoms with Crippen molar-refractivity contribution >= 4 is 23.2 Å². The van der Waals surface area contributed by atoms with Gasteiger partial charge in [-0.1, -0.05) is 6.07 Å². The van der Waals surface area contributed by atoms with Gasteiger partial charge in [-0.3, -0.25) is 0 Å². The van der Waals surface area contributed by atoms with E-state index < -0.39 is 5.97 Å². The van der Waals surface area contributed by atoms with Crippen LogP contribution in [0, 0.1) is 0 Å². The lowest BCUT2D eigenvalue weighted by Crippen LogP contribution is -2.03. The lowest BCUT2D eigenvalue weighted by molar-refractivity contribution is -0.130. The van der Waals surface area contributed by atoms with E-state index in [4.69, 9.17) is 9.47 Å². The standard InChI is InChI=1S/C10H9NO3S/c1-2-13-6-7-10(12)14-9(11-7)8-4-3-5-15-8/h3-6H,2H2,1H3/b7-6+. The molecule has 0 radical (unpaired) electrons. The highest BCUT2D eigenvalue weighted by Gasteiger charge is 2.24. The van der Waals surface area contributed by atoms with Crippen LogP contribution in [-0.4, -0.2) is 18.5 Å². The third-order valence-corrected chi connectivity index (χ3v) is 2.57. The number of rotatable bonds is 3. The summed E-state index contributed by atoms with van der Waals surface area (Å²) in [6.07, 6.45) is 1.32. The van der Waals surface area contributed by atoms with Crippen molar-refractivity contribution in [3.63, 3.8) is 0 Å². The van der Waals surface area contributed by atoms with Crippen LogP contribution in [0.15, 0.2) is 34.5 Å². The first-order chi connectivity index (χ1) is 7.31. The number of esters is 1. The Kier molecular flexibility index (Phi) is 2.82. The summed E-state index contributed by atoms with van der Waals surface area (Å²) in [6.45, 7) is 2.34. The number of carbonyl (C=O) groups excluding carboxylic acids is 1.